The van der Waals surface area contributed by atoms with Crippen LogP contribution in [0, 0.1) is 16.7 Å². The molecule has 146 valence electrons. The SMILES string of the molecule is CCCC(C(=O)NN(C)C(=S)C1(C)CC1)C(=O)NN(C)C(=S)C1(C)CC1. The summed E-state index contributed by atoms with van der Waals surface area (Å²) in [5, 5.41) is 3.17. The highest BCUT2D eigenvalue weighted by Gasteiger charge is 2.45. The number of hydrogen-bond donors (Lipinski definition) is 2. The minimum atomic E-state index is -0.783. The van der Waals surface area contributed by atoms with E-state index in [-0.39, 0.29) is 22.6 Å². The Labute approximate surface area is 167 Å². The molecule has 6 nitrogen and oxygen atoms in total. The summed E-state index contributed by atoms with van der Waals surface area (Å²) < 4.78 is 0. The number of hydrogen-bond acceptors (Lipinski definition) is 4. The first-order valence-electron chi connectivity index (χ1n) is 9.21. The van der Waals surface area contributed by atoms with Crippen molar-refractivity contribution in [3.8, 4) is 0 Å². The first-order chi connectivity index (χ1) is 12.0. The largest absolute Gasteiger partial charge is 0.281 e. The minimum Gasteiger partial charge on any atom is -0.281 e. The zero-order chi connectivity index (χ0) is 19.7. The van der Waals surface area contributed by atoms with E-state index in [0.717, 1.165) is 32.1 Å². The molecule has 2 N–H and O–H groups in total. The normalized spacial score (nSPS) is 18.7. The monoisotopic (exact) mass is 398 g/mol. The van der Waals surface area contributed by atoms with Crippen molar-refractivity contribution in [2.75, 3.05) is 14.1 Å². The van der Waals surface area contributed by atoms with Crippen LogP contribution >= 0.6 is 24.4 Å². The summed E-state index contributed by atoms with van der Waals surface area (Å²) in [4.78, 5) is 26.8. The second kappa shape index (κ2) is 7.76. The highest BCUT2D eigenvalue weighted by atomic mass is 32.1. The van der Waals surface area contributed by atoms with E-state index in [2.05, 4.69) is 24.7 Å². The Hall–Kier alpha value is -1.28. The van der Waals surface area contributed by atoms with Gasteiger partial charge in [0.1, 0.15) is 15.9 Å². The van der Waals surface area contributed by atoms with Crippen molar-refractivity contribution in [1.29, 1.82) is 0 Å². The predicted molar refractivity (Wildman–Crippen MR) is 110 cm³/mol. The Morgan fingerprint density at radius 1 is 0.923 bits per heavy atom. The molecule has 2 amide bonds. The van der Waals surface area contributed by atoms with Gasteiger partial charge >= 0.3 is 0 Å². The van der Waals surface area contributed by atoms with Crippen molar-refractivity contribution in [2.45, 2.75) is 59.3 Å². The third kappa shape index (κ3) is 4.71. The summed E-state index contributed by atoms with van der Waals surface area (Å²) in [6, 6.07) is 0. The highest BCUT2D eigenvalue weighted by Crippen LogP contribution is 2.47. The van der Waals surface area contributed by atoms with E-state index in [0.29, 0.717) is 16.4 Å². The summed E-state index contributed by atoms with van der Waals surface area (Å²) in [5.74, 6) is -1.46. The average molecular weight is 399 g/mol. The summed E-state index contributed by atoms with van der Waals surface area (Å²) in [6.45, 7) is 6.12. The van der Waals surface area contributed by atoms with Crippen LogP contribution in [0.15, 0.2) is 0 Å². The van der Waals surface area contributed by atoms with E-state index >= 15 is 0 Å². The van der Waals surface area contributed by atoms with E-state index in [1.165, 1.54) is 0 Å². The third-order valence-electron chi connectivity index (χ3n) is 5.41. The molecule has 0 spiro atoms. The van der Waals surface area contributed by atoms with E-state index in [1.54, 1.807) is 24.1 Å². The Morgan fingerprint density at radius 3 is 1.54 bits per heavy atom. The van der Waals surface area contributed by atoms with Gasteiger partial charge in [-0.25, -0.2) is 0 Å². The van der Waals surface area contributed by atoms with Gasteiger partial charge in [0, 0.05) is 24.9 Å². The molecule has 0 heterocycles. The number of thiocarbonyl (C=S) groups is 2. The Morgan fingerprint density at radius 2 is 1.27 bits per heavy atom. The van der Waals surface area contributed by atoms with Crippen LogP contribution in [-0.2, 0) is 9.59 Å². The van der Waals surface area contributed by atoms with Gasteiger partial charge in [0.2, 0.25) is 0 Å². The van der Waals surface area contributed by atoms with Crippen molar-refractivity contribution >= 4 is 46.2 Å². The van der Waals surface area contributed by atoms with Gasteiger partial charge in [-0.05, 0) is 32.1 Å². The van der Waals surface area contributed by atoms with Crippen molar-refractivity contribution in [3.63, 3.8) is 0 Å². The molecule has 0 atom stereocenters. The second-order valence-corrected chi connectivity index (χ2v) is 8.92. The number of carbonyl (C=O) groups excluding carboxylic acids is 2. The van der Waals surface area contributed by atoms with Crippen LogP contribution < -0.4 is 10.9 Å². The maximum Gasteiger partial charge on any atom is 0.251 e. The maximum absolute atomic E-state index is 12.7. The average Bonchev–Trinajstić information content (AvgIpc) is 3.50. The van der Waals surface area contributed by atoms with Gasteiger partial charge in [0.15, 0.2) is 0 Å². The molecule has 0 aliphatic heterocycles. The van der Waals surface area contributed by atoms with Gasteiger partial charge in [0.25, 0.3) is 11.8 Å². The Bertz CT molecular complexity index is 564. The fraction of sp³-hybridized carbons (Fsp3) is 0.778. The number of nitrogens with zero attached hydrogens (tertiary/aromatic N) is 2. The molecule has 0 aromatic rings. The Balaban J connectivity index is 1.95. The zero-order valence-corrected chi connectivity index (χ0v) is 18.0. The molecule has 2 aliphatic rings. The van der Waals surface area contributed by atoms with Crippen LogP contribution in [0.4, 0.5) is 0 Å². The van der Waals surface area contributed by atoms with Crippen molar-refractivity contribution in [3.05, 3.63) is 0 Å². The van der Waals surface area contributed by atoms with Crippen molar-refractivity contribution < 1.29 is 9.59 Å². The lowest BCUT2D eigenvalue weighted by Crippen LogP contribution is -2.53. The van der Waals surface area contributed by atoms with Crippen LogP contribution in [0.3, 0.4) is 0 Å². The standard InChI is InChI=1S/C18H30N4O2S2/c1-6-7-12(13(23)19-21(4)15(25)17(2)8-9-17)14(24)20-22(5)16(26)18(3)10-11-18/h12H,6-11H2,1-5H3,(H,19,23)(H,20,24). The van der Waals surface area contributed by atoms with E-state index < -0.39 is 5.92 Å². The molecule has 0 aromatic heterocycles. The second-order valence-electron chi connectivity index (χ2n) is 8.14. The molecule has 0 bridgehead atoms. The van der Waals surface area contributed by atoms with Gasteiger partial charge < -0.3 is 0 Å². The molecule has 2 aliphatic carbocycles. The molecule has 2 saturated carbocycles. The third-order valence-corrected chi connectivity index (χ3v) is 6.94. The van der Waals surface area contributed by atoms with Gasteiger partial charge in [-0.2, -0.15) is 0 Å². The highest BCUT2D eigenvalue weighted by molar-refractivity contribution is 7.80. The summed E-state index contributed by atoms with van der Waals surface area (Å²) >= 11 is 10.9. The molecule has 2 rings (SSSR count). The van der Waals surface area contributed by atoms with Crippen LogP contribution in [-0.4, -0.2) is 45.9 Å². The summed E-state index contributed by atoms with van der Waals surface area (Å²) in [5.41, 5.74) is 5.54. The van der Waals surface area contributed by atoms with Gasteiger partial charge in [-0.15, -0.1) is 0 Å². The van der Waals surface area contributed by atoms with Crippen molar-refractivity contribution in [2.24, 2.45) is 16.7 Å². The molecular weight excluding hydrogens is 368 g/mol. The fourth-order valence-corrected chi connectivity index (χ4v) is 3.37. The Kier molecular flexibility index (Phi) is 6.28. The van der Waals surface area contributed by atoms with Gasteiger partial charge in [0.05, 0.1) is 0 Å². The lowest BCUT2D eigenvalue weighted by atomic mass is 10.0. The van der Waals surface area contributed by atoms with Crippen LogP contribution in [0.1, 0.15) is 59.3 Å². The summed E-state index contributed by atoms with van der Waals surface area (Å²) in [6.07, 6.45) is 5.33. The number of amides is 2. The predicted octanol–water partition coefficient (Wildman–Crippen LogP) is 2.58. The van der Waals surface area contributed by atoms with Gasteiger partial charge in [-0.3, -0.25) is 30.5 Å². The molecule has 0 saturated heterocycles. The minimum absolute atomic E-state index is 0.00795. The van der Waals surface area contributed by atoms with Crippen molar-refractivity contribution in [1.82, 2.24) is 20.9 Å². The smallest absolute Gasteiger partial charge is 0.251 e. The first-order valence-corrected chi connectivity index (χ1v) is 10.0. The quantitative estimate of drug-likeness (QED) is 0.407. The number of nitrogens with one attached hydrogen (secondary N) is 2. The molecule has 0 aromatic carbocycles. The van der Waals surface area contributed by atoms with Crippen LogP contribution in [0.2, 0.25) is 0 Å². The fourth-order valence-electron chi connectivity index (χ4n) is 2.87. The molecule has 0 unspecified atom stereocenters. The maximum atomic E-state index is 12.7. The number of carbonyl (C=O) groups is 2. The van der Waals surface area contributed by atoms with Crippen LogP contribution in [0.25, 0.3) is 0 Å². The lowest BCUT2D eigenvalue weighted by Gasteiger charge is -2.29. The van der Waals surface area contributed by atoms with Gasteiger partial charge in [-0.1, -0.05) is 51.6 Å². The first kappa shape index (κ1) is 21.0. The number of hydrazine groups is 2. The molecule has 2 fully saturated rings. The van der Waals surface area contributed by atoms with E-state index in [4.69, 9.17) is 24.4 Å². The van der Waals surface area contributed by atoms with E-state index in [1.807, 2.05) is 6.92 Å². The molecular formula is C18H30N4O2S2. The van der Waals surface area contributed by atoms with Crippen LogP contribution in [0.5, 0.6) is 0 Å². The molecule has 8 heteroatoms. The summed E-state index contributed by atoms with van der Waals surface area (Å²) in [7, 11) is 3.47. The number of rotatable bonds is 6. The molecule has 26 heavy (non-hydrogen) atoms. The van der Waals surface area contributed by atoms with E-state index in [9.17, 15) is 9.59 Å². The zero-order valence-electron chi connectivity index (χ0n) is 16.3. The molecule has 0 radical (unpaired) electrons. The topological polar surface area (TPSA) is 64.7 Å². The lowest BCUT2D eigenvalue weighted by molar-refractivity contribution is -0.139.